The Morgan fingerprint density at radius 1 is 1.56 bits per heavy atom. The van der Waals surface area contributed by atoms with Crippen molar-refractivity contribution >= 4 is 33.2 Å². The Morgan fingerprint density at radius 3 is 2.89 bits per heavy atom. The molecule has 0 aliphatic heterocycles. The summed E-state index contributed by atoms with van der Waals surface area (Å²) in [6, 6.07) is 1.90. The molecule has 2 rings (SSSR count). The van der Waals surface area contributed by atoms with Crippen molar-refractivity contribution in [3.05, 3.63) is 20.3 Å². The molecule has 0 aromatic carbocycles. The molecule has 3 nitrogen and oxygen atoms in total. The standard InChI is InChI=1S/C13H18BrNO2S/c1-9-8-11(18-12(9)14)13(16)15-6-7-17-10-4-2-3-5-10/h8,10H,2-7H2,1H3,(H,15,16). The lowest BCUT2D eigenvalue weighted by molar-refractivity contribution is 0.0582. The van der Waals surface area contributed by atoms with Crippen LogP contribution in [0, 0.1) is 6.92 Å². The van der Waals surface area contributed by atoms with Crippen LogP contribution in [0.2, 0.25) is 0 Å². The number of rotatable bonds is 5. The van der Waals surface area contributed by atoms with E-state index in [-0.39, 0.29) is 5.91 Å². The van der Waals surface area contributed by atoms with Crippen molar-refractivity contribution in [2.75, 3.05) is 13.2 Å². The van der Waals surface area contributed by atoms with Crippen molar-refractivity contribution in [1.82, 2.24) is 5.32 Å². The molecule has 0 radical (unpaired) electrons. The van der Waals surface area contributed by atoms with E-state index >= 15 is 0 Å². The first kappa shape index (κ1) is 14.0. The first-order valence-electron chi connectivity index (χ1n) is 6.32. The van der Waals surface area contributed by atoms with Gasteiger partial charge in [-0.3, -0.25) is 4.79 Å². The summed E-state index contributed by atoms with van der Waals surface area (Å²) in [5.41, 5.74) is 1.10. The quantitative estimate of drug-likeness (QED) is 0.838. The average molecular weight is 332 g/mol. The fourth-order valence-corrected chi connectivity index (χ4v) is 3.56. The lowest BCUT2D eigenvalue weighted by Gasteiger charge is -2.11. The maximum Gasteiger partial charge on any atom is 0.261 e. The molecule has 1 aliphatic rings. The molecule has 0 atom stereocenters. The molecule has 1 aromatic rings. The number of thiophene rings is 1. The number of ether oxygens (including phenoxy) is 1. The second-order valence-corrected chi connectivity index (χ2v) is 6.97. The lowest BCUT2D eigenvalue weighted by Crippen LogP contribution is -2.27. The summed E-state index contributed by atoms with van der Waals surface area (Å²) in [5.74, 6) is -0.0104. The van der Waals surface area contributed by atoms with E-state index in [4.69, 9.17) is 4.74 Å². The zero-order valence-corrected chi connectivity index (χ0v) is 12.9. The average Bonchev–Trinajstić information content (AvgIpc) is 2.96. The Hall–Kier alpha value is -0.390. The van der Waals surface area contributed by atoms with Crippen LogP contribution < -0.4 is 5.32 Å². The minimum atomic E-state index is -0.0104. The maximum atomic E-state index is 11.8. The Bertz CT molecular complexity index is 394. The van der Waals surface area contributed by atoms with Crippen LogP contribution in [-0.2, 0) is 4.74 Å². The van der Waals surface area contributed by atoms with Crippen LogP contribution in [0.1, 0.15) is 40.9 Å². The molecule has 1 aromatic heterocycles. The van der Waals surface area contributed by atoms with Gasteiger partial charge in [0.1, 0.15) is 0 Å². The summed E-state index contributed by atoms with van der Waals surface area (Å²) in [5, 5.41) is 2.89. The van der Waals surface area contributed by atoms with E-state index in [1.54, 1.807) is 0 Å². The minimum absolute atomic E-state index is 0.0104. The number of hydrogen-bond donors (Lipinski definition) is 1. The molecular weight excluding hydrogens is 314 g/mol. The summed E-state index contributed by atoms with van der Waals surface area (Å²) in [7, 11) is 0. The third-order valence-electron chi connectivity index (χ3n) is 3.12. The third-order valence-corrected chi connectivity index (χ3v) is 5.26. The molecule has 1 aliphatic carbocycles. The highest BCUT2D eigenvalue weighted by Gasteiger charge is 2.15. The number of amides is 1. The zero-order valence-electron chi connectivity index (χ0n) is 10.5. The van der Waals surface area contributed by atoms with Crippen LogP contribution in [0.5, 0.6) is 0 Å². The molecule has 100 valence electrons. The zero-order chi connectivity index (χ0) is 13.0. The largest absolute Gasteiger partial charge is 0.376 e. The second kappa shape index (κ2) is 6.68. The van der Waals surface area contributed by atoms with Gasteiger partial charge in [-0.1, -0.05) is 12.8 Å². The van der Waals surface area contributed by atoms with E-state index in [0.717, 1.165) is 14.2 Å². The molecule has 0 spiro atoms. The van der Waals surface area contributed by atoms with E-state index in [2.05, 4.69) is 21.2 Å². The van der Waals surface area contributed by atoms with Crippen molar-refractivity contribution < 1.29 is 9.53 Å². The van der Waals surface area contributed by atoms with Crippen LogP contribution in [0.15, 0.2) is 9.85 Å². The molecule has 18 heavy (non-hydrogen) atoms. The molecule has 0 bridgehead atoms. The molecule has 0 unspecified atom stereocenters. The smallest absolute Gasteiger partial charge is 0.261 e. The SMILES string of the molecule is Cc1cc(C(=O)NCCOC2CCCC2)sc1Br. The van der Waals surface area contributed by atoms with Crippen molar-refractivity contribution in [3.8, 4) is 0 Å². The third kappa shape index (κ3) is 3.80. The van der Waals surface area contributed by atoms with Gasteiger partial charge in [0, 0.05) is 6.54 Å². The second-order valence-electron chi connectivity index (χ2n) is 4.60. The van der Waals surface area contributed by atoms with Gasteiger partial charge in [0.2, 0.25) is 0 Å². The molecule has 1 N–H and O–H groups in total. The molecule has 1 fully saturated rings. The van der Waals surface area contributed by atoms with Gasteiger partial charge >= 0.3 is 0 Å². The summed E-state index contributed by atoms with van der Waals surface area (Å²) in [6.45, 7) is 3.19. The Kier molecular flexibility index (Phi) is 5.21. The van der Waals surface area contributed by atoms with E-state index < -0.39 is 0 Å². The summed E-state index contributed by atoms with van der Waals surface area (Å²) < 4.78 is 6.72. The first-order valence-corrected chi connectivity index (χ1v) is 7.93. The van der Waals surface area contributed by atoms with Gasteiger partial charge in [0.25, 0.3) is 5.91 Å². The fraction of sp³-hybridized carbons (Fsp3) is 0.615. The highest BCUT2D eigenvalue weighted by molar-refractivity contribution is 9.11. The van der Waals surface area contributed by atoms with Crippen LogP contribution in [0.3, 0.4) is 0 Å². The Labute approximate surface area is 120 Å². The molecule has 5 heteroatoms. The van der Waals surface area contributed by atoms with Gasteiger partial charge in [-0.15, -0.1) is 11.3 Å². The topological polar surface area (TPSA) is 38.3 Å². The van der Waals surface area contributed by atoms with Gasteiger partial charge in [0.15, 0.2) is 0 Å². The van der Waals surface area contributed by atoms with E-state index in [1.165, 1.54) is 37.0 Å². The van der Waals surface area contributed by atoms with Gasteiger partial charge < -0.3 is 10.1 Å². The number of aryl methyl sites for hydroxylation is 1. The molecule has 1 heterocycles. The highest BCUT2D eigenvalue weighted by Crippen LogP contribution is 2.27. The van der Waals surface area contributed by atoms with Gasteiger partial charge in [0.05, 0.1) is 21.4 Å². The summed E-state index contributed by atoms with van der Waals surface area (Å²) in [6.07, 6.45) is 5.31. The fourth-order valence-electron chi connectivity index (χ4n) is 2.10. The number of carbonyl (C=O) groups excluding carboxylic acids is 1. The van der Waals surface area contributed by atoms with E-state index in [0.29, 0.717) is 19.3 Å². The molecule has 1 amide bonds. The highest BCUT2D eigenvalue weighted by atomic mass is 79.9. The number of hydrogen-bond acceptors (Lipinski definition) is 3. The Balaban J connectivity index is 1.68. The normalized spacial score (nSPS) is 16.1. The predicted octanol–water partition coefficient (Wildman–Crippen LogP) is 3.51. The van der Waals surface area contributed by atoms with Crippen molar-refractivity contribution in [1.29, 1.82) is 0 Å². The minimum Gasteiger partial charge on any atom is -0.376 e. The van der Waals surface area contributed by atoms with Crippen LogP contribution in [0.4, 0.5) is 0 Å². The van der Waals surface area contributed by atoms with Crippen molar-refractivity contribution in [2.45, 2.75) is 38.7 Å². The lowest BCUT2D eigenvalue weighted by atomic mass is 10.3. The molecule has 1 saturated carbocycles. The summed E-state index contributed by atoms with van der Waals surface area (Å²) >= 11 is 4.89. The predicted molar refractivity (Wildman–Crippen MR) is 77.3 cm³/mol. The van der Waals surface area contributed by atoms with Crippen LogP contribution >= 0.6 is 27.3 Å². The Morgan fingerprint density at radius 2 is 2.28 bits per heavy atom. The van der Waals surface area contributed by atoms with Gasteiger partial charge in [-0.2, -0.15) is 0 Å². The maximum absolute atomic E-state index is 11.8. The van der Waals surface area contributed by atoms with Crippen molar-refractivity contribution in [2.24, 2.45) is 0 Å². The number of carbonyl (C=O) groups is 1. The molecule has 0 saturated heterocycles. The van der Waals surface area contributed by atoms with Crippen molar-refractivity contribution in [3.63, 3.8) is 0 Å². The van der Waals surface area contributed by atoms with E-state index in [9.17, 15) is 4.79 Å². The van der Waals surface area contributed by atoms with E-state index in [1.807, 2.05) is 13.0 Å². The monoisotopic (exact) mass is 331 g/mol. The first-order chi connectivity index (χ1) is 8.66. The van der Waals surface area contributed by atoms with Crippen LogP contribution in [0.25, 0.3) is 0 Å². The van der Waals surface area contributed by atoms with Crippen LogP contribution in [-0.4, -0.2) is 25.2 Å². The van der Waals surface area contributed by atoms with Gasteiger partial charge in [-0.25, -0.2) is 0 Å². The number of nitrogens with one attached hydrogen (secondary N) is 1. The number of halogens is 1. The van der Waals surface area contributed by atoms with Gasteiger partial charge in [-0.05, 0) is 47.3 Å². The summed E-state index contributed by atoms with van der Waals surface area (Å²) in [4.78, 5) is 12.6. The molecular formula is C13H18BrNO2S.